The van der Waals surface area contributed by atoms with Gasteiger partial charge in [0.05, 0.1) is 15.5 Å². The summed E-state index contributed by atoms with van der Waals surface area (Å²) in [4.78, 5) is 41.5. The Bertz CT molecular complexity index is 1520. The summed E-state index contributed by atoms with van der Waals surface area (Å²) in [6, 6.07) is 8.50. The maximum atomic E-state index is 13.0. The molecule has 3 aromatic rings. The van der Waals surface area contributed by atoms with Crippen LogP contribution in [0.25, 0.3) is 16.8 Å². The number of thioether (sulfide) groups is 1. The SMILES string of the molecule is CN1CCN(c2cc(/C=C3/SC(=O)NC3=O)nc(NCCNS(=O)(=O)c3cccc4cnccc34)n2)CC1. The number of aromatic nitrogens is 3. The van der Waals surface area contributed by atoms with Crippen molar-refractivity contribution in [3.63, 3.8) is 0 Å². The van der Waals surface area contributed by atoms with E-state index in [0.29, 0.717) is 22.8 Å². The van der Waals surface area contributed by atoms with E-state index in [1.165, 1.54) is 0 Å². The molecule has 2 amide bonds. The molecule has 0 saturated carbocycles. The molecule has 5 rings (SSSR count). The number of pyridine rings is 1. The number of likely N-dealkylation sites (N-methyl/N-ethyl adjacent to an activating group) is 1. The van der Waals surface area contributed by atoms with Crippen LogP contribution in [0.4, 0.5) is 16.6 Å². The maximum absolute atomic E-state index is 13.0. The molecule has 2 saturated heterocycles. The van der Waals surface area contributed by atoms with Gasteiger partial charge in [0.1, 0.15) is 5.82 Å². The van der Waals surface area contributed by atoms with Crippen LogP contribution in [-0.4, -0.2) is 85.7 Å². The Morgan fingerprint density at radius 2 is 1.92 bits per heavy atom. The van der Waals surface area contributed by atoms with Gasteiger partial charge in [0.15, 0.2) is 0 Å². The molecule has 14 heteroatoms. The van der Waals surface area contributed by atoms with Crippen molar-refractivity contribution in [2.45, 2.75) is 4.90 Å². The molecule has 1 aromatic carbocycles. The zero-order valence-electron chi connectivity index (χ0n) is 20.5. The van der Waals surface area contributed by atoms with Crippen molar-refractivity contribution in [2.24, 2.45) is 0 Å². The van der Waals surface area contributed by atoms with Gasteiger partial charge in [-0.15, -0.1) is 0 Å². The third-order valence-electron chi connectivity index (χ3n) is 6.11. The maximum Gasteiger partial charge on any atom is 0.290 e. The molecule has 0 atom stereocenters. The van der Waals surface area contributed by atoms with Crippen LogP contribution >= 0.6 is 11.8 Å². The summed E-state index contributed by atoms with van der Waals surface area (Å²) in [5, 5.41) is 6.22. The lowest BCUT2D eigenvalue weighted by atomic mass is 10.2. The topological polar surface area (TPSA) is 150 Å². The Labute approximate surface area is 224 Å². The van der Waals surface area contributed by atoms with Crippen LogP contribution in [0, 0.1) is 0 Å². The van der Waals surface area contributed by atoms with Crippen LogP contribution in [0.2, 0.25) is 0 Å². The second-order valence-electron chi connectivity index (χ2n) is 8.79. The lowest BCUT2D eigenvalue weighted by Crippen LogP contribution is -2.44. The highest BCUT2D eigenvalue weighted by molar-refractivity contribution is 8.18. The number of imide groups is 1. The number of amides is 2. The van der Waals surface area contributed by atoms with Gasteiger partial charge >= 0.3 is 0 Å². The van der Waals surface area contributed by atoms with Crippen molar-refractivity contribution in [1.82, 2.24) is 29.9 Å². The van der Waals surface area contributed by atoms with Crippen molar-refractivity contribution in [3.05, 3.63) is 53.3 Å². The molecule has 2 aliphatic heterocycles. The number of sulfonamides is 1. The molecule has 38 heavy (non-hydrogen) atoms. The van der Waals surface area contributed by atoms with Crippen molar-refractivity contribution >= 4 is 61.5 Å². The second kappa shape index (κ2) is 11.0. The van der Waals surface area contributed by atoms with Crippen LogP contribution in [-0.2, 0) is 14.8 Å². The fourth-order valence-electron chi connectivity index (χ4n) is 4.12. The molecule has 12 nitrogen and oxygen atoms in total. The molecular formula is C24H26N8O4S2. The number of hydrogen-bond acceptors (Lipinski definition) is 11. The van der Waals surface area contributed by atoms with Crippen molar-refractivity contribution < 1.29 is 18.0 Å². The molecule has 0 radical (unpaired) electrons. The number of nitrogens with one attached hydrogen (secondary N) is 3. The van der Waals surface area contributed by atoms with Gasteiger partial charge in [-0.05, 0) is 37.0 Å². The molecule has 0 aliphatic carbocycles. The first-order chi connectivity index (χ1) is 18.3. The fourth-order valence-corrected chi connectivity index (χ4v) is 6.05. The van der Waals surface area contributed by atoms with Gasteiger partial charge in [0, 0.05) is 68.5 Å². The number of anilines is 2. The van der Waals surface area contributed by atoms with Crippen LogP contribution in [0.5, 0.6) is 0 Å². The van der Waals surface area contributed by atoms with Crippen molar-refractivity contribution in [2.75, 3.05) is 56.5 Å². The highest BCUT2D eigenvalue weighted by Crippen LogP contribution is 2.27. The minimum absolute atomic E-state index is 0.0923. The first-order valence-corrected chi connectivity index (χ1v) is 14.2. The summed E-state index contributed by atoms with van der Waals surface area (Å²) >= 11 is 0.819. The van der Waals surface area contributed by atoms with Gasteiger partial charge in [-0.3, -0.25) is 19.9 Å². The van der Waals surface area contributed by atoms with Gasteiger partial charge in [-0.1, -0.05) is 12.1 Å². The quantitative estimate of drug-likeness (QED) is 0.275. The number of rotatable bonds is 8. The first kappa shape index (κ1) is 26.0. The number of carbonyl (C=O) groups is 2. The Balaban J connectivity index is 1.31. The van der Waals surface area contributed by atoms with Gasteiger partial charge in [-0.25, -0.2) is 18.1 Å². The minimum Gasteiger partial charge on any atom is -0.354 e. The van der Waals surface area contributed by atoms with Gasteiger partial charge < -0.3 is 15.1 Å². The van der Waals surface area contributed by atoms with E-state index in [0.717, 1.165) is 43.3 Å². The van der Waals surface area contributed by atoms with Crippen LogP contribution < -0.4 is 20.3 Å². The molecule has 4 heterocycles. The zero-order chi connectivity index (χ0) is 26.7. The standard InChI is InChI=1S/C24H26N8O4S2/c1-31-9-11-32(12-10-31)21-14-17(13-19-22(33)30-24(34)37-19)28-23(29-21)26-7-8-27-38(35,36)20-4-2-3-16-15-25-6-5-18(16)20/h2-6,13-15,27H,7-12H2,1H3,(H,26,28,29)(H,30,33,34)/b19-13+. The van der Waals surface area contributed by atoms with E-state index in [1.54, 1.807) is 42.7 Å². The summed E-state index contributed by atoms with van der Waals surface area (Å²) in [6.07, 6.45) is 4.73. The van der Waals surface area contributed by atoms with Crippen molar-refractivity contribution in [3.8, 4) is 0 Å². The van der Waals surface area contributed by atoms with E-state index in [1.807, 2.05) is 6.07 Å². The molecule has 0 spiro atoms. The van der Waals surface area contributed by atoms with Gasteiger partial charge in [0.2, 0.25) is 16.0 Å². The monoisotopic (exact) mass is 554 g/mol. The molecule has 0 unspecified atom stereocenters. The smallest absolute Gasteiger partial charge is 0.290 e. The minimum atomic E-state index is -3.77. The number of carbonyl (C=O) groups excluding carboxylic acids is 2. The van der Waals surface area contributed by atoms with E-state index in [-0.39, 0.29) is 22.9 Å². The predicted octanol–water partition coefficient (Wildman–Crippen LogP) is 1.49. The number of benzene rings is 1. The summed E-state index contributed by atoms with van der Waals surface area (Å²) in [5.74, 6) is 0.508. The number of fused-ring (bicyclic) bond motifs is 1. The molecule has 0 bridgehead atoms. The molecule has 198 valence electrons. The Hall–Kier alpha value is -3.59. The van der Waals surface area contributed by atoms with Gasteiger partial charge in [0.25, 0.3) is 11.1 Å². The Kier molecular flexibility index (Phi) is 7.56. The Morgan fingerprint density at radius 1 is 1.11 bits per heavy atom. The van der Waals surface area contributed by atoms with E-state index in [4.69, 9.17) is 0 Å². The van der Waals surface area contributed by atoms with Crippen LogP contribution in [0.1, 0.15) is 5.69 Å². The van der Waals surface area contributed by atoms with E-state index < -0.39 is 21.2 Å². The lowest BCUT2D eigenvalue weighted by Gasteiger charge is -2.33. The number of nitrogens with zero attached hydrogens (tertiary/aromatic N) is 5. The van der Waals surface area contributed by atoms with Crippen molar-refractivity contribution in [1.29, 1.82) is 0 Å². The number of piperazine rings is 1. The second-order valence-corrected chi connectivity index (χ2v) is 11.5. The summed E-state index contributed by atoms with van der Waals surface area (Å²) in [7, 11) is -1.71. The highest BCUT2D eigenvalue weighted by Gasteiger charge is 2.26. The summed E-state index contributed by atoms with van der Waals surface area (Å²) in [5.41, 5.74) is 0.466. The lowest BCUT2D eigenvalue weighted by molar-refractivity contribution is -0.115. The third kappa shape index (κ3) is 5.93. The average Bonchev–Trinajstić information content (AvgIpc) is 3.22. The molecule has 2 aliphatic rings. The van der Waals surface area contributed by atoms with Crippen LogP contribution in [0.15, 0.2) is 52.5 Å². The van der Waals surface area contributed by atoms with E-state index >= 15 is 0 Å². The van der Waals surface area contributed by atoms with Gasteiger partial charge in [-0.2, -0.15) is 4.98 Å². The van der Waals surface area contributed by atoms with E-state index in [2.05, 4.69) is 47.2 Å². The van der Waals surface area contributed by atoms with E-state index in [9.17, 15) is 18.0 Å². The first-order valence-electron chi connectivity index (χ1n) is 11.9. The Morgan fingerprint density at radius 3 is 2.68 bits per heavy atom. The summed E-state index contributed by atoms with van der Waals surface area (Å²) in [6.45, 7) is 3.62. The fraction of sp³-hybridized carbons (Fsp3) is 0.292. The zero-order valence-corrected chi connectivity index (χ0v) is 22.2. The average molecular weight is 555 g/mol. The highest BCUT2D eigenvalue weighted by atomic mass is 32.2. The number of hydrogen-bond donors (Lipinski definition) is 3. The van der Waals surface area contributed by atoms with Crippen LogP contribution in [0.3, 0.4) is 0 Å². The molecular weight excluding hydrogens is 528 g/mol. The molecule has 3 N–H and O–H groups in total. The normalized spacial score (nSPS) is 17.8. The third-order valence-corrected chi connectivity index (χ3v) is 8.44. The summed E-state index contributed by atoms with van der Waals surface area (Å²) < 4.78 is 28.6. The largest absolute Gasteiger partial charge is 0.354 e. The predicted molar refractivity (Wildman–Crippen MR) is 146 cm³/mol. The molecule has 2 fully saturated rings. The molecule has 2 aromatic heterocycles.